The molecule has 1 saturated heterocycles. The van der Waals surface area contributed by atoms with Crippen LogP contribution in [0.25, 0.3) is 0 Å². The van der Waals surface area contributed by atoms with Crippen molar-refractivity contribution in [3.63, 3.8) is 0 Å². The first-order valence-corrected chi connectivity index (χ1v) is 6.35. The van der Waals surface area contributed by atoms with E-state index in [1.54, 1.807) is 18.4 Å². The van der Waals surface area contributed by atoms with Gasteiger partial charge >= 0.3 is 0 Å². The van der Waals surface area contributed by atoms with E-state index in [0.29, 0.717) is 5.92 Å². The first kappa shape index (κ1) is 11.8. The highest BCUT2D eigenvalue weighted by atomic mass is 32.1. The topological polar surface area (TPSA) is 50.3 Å². The first-order chi connectivity index (χ1) is 7.81. The average molecular weight is 242 g/mol. The van der Waals surface area contributed by atoms with Crippen LogP contribution in [-0.4, -0.2) is 49.0 Å². The summed E-state index contributed by atoms with van der Waals surface area (Å²) in [6.45, 7) is 4.04. The quantitative estimate of drug-likeness (QED) is 0.836. The Kier molecular flexibility index (Phi) is 4.09. The van der Waals surface area contributed by atoms with E-state index < -0.39 is 0 Å². The molecule has 1 fully saturated rings. The molecule has 1 aliphatic heterocycles. The predicted molar refractivity (Wildman–Crippen MR) is 64.7 cm³/mol. The van der Waals surface area contributed by atoms with Crippen LogP contribution in [-0.2, 0) is 11.3 Å². The monoisotopic (exact) mass is 242 g/mol. The van der Waals surface area contributed by atoms with E-state index >= 15 is 0 Å². The maximum absolute atomic E-state index is 5.18. The Hall–Kier alpha value is -0.720. The molecule has 1 atom stereocenters. The fraction of sp³-hybridized carbons (Fsp3) is 0.800. The Morgan fingerprint density at radius 3 is 3.12 bits per heavy atom. The van der Waals surface area contributed by atoms with Crippen LogP contribution in [0.5, 0.6) is 0 Å². The highest BCUT2D eigenvalue weighted by Gasteiger charge is 2.23. The third-order valence-corrected chi connectivity index (χ3v) is 3.74. The van der Waals surface area contributed by atoms with Crippen LogP contribution in [0.4, 0.5) is 5.13 Å². The van der Waals surface area contributed by atoms with E-state index in [1.807, 2.05) is 7.05 Å². The molecular weight excluding hydrogens is 224 g/mol. The zero-order valence-electron chi connectivity index (χ0n) is 9.77. The smallest absolute Gasteiger partial charge is 0.205 e. The van der Waals surface area contributed by atoms with E-state index in [2.05, 4.69) is 20.4 Å². The van der Waals surface area contributed by atoms with E-state index in [1.165, 1.54) is 6.42 Å². The van der Waals surface area contributed by atoms with Crippen molar-refractivity contribution in [2.45, 2.75) is 13.0 Å². The van der Waals surface area contributed by atoms with Crippen LogP contribution < -0.4 is 5.32 Å². The van der Waals surface area contributed by atoms with Crippen molar-refractivity contribution in [1.82, 2.24) is 15.1 Å². The summed E-state index contributed by atoms with van der Waals surface area (Å²) in [7, 11) is 3.64. The van der Waals surface area contributed by atoms with E-state index in [0.717, 1.165) is 36.4 Å². The van der Waals surface area contributed by atoms with Gasteiger partial charge in [-0.05, 0) is 18.9 Å². The van der Waals surface area contributed by atoms with Gasteiger partial charge in [-0.2, -0.15) is 0 Å². The lowest BCUT2D eigenvalue weighted by molar-refractivity contribution is 0.152. The molecule has 0 aromatic carbocycles. The normalized spacial score (nSPS) is 21.5. The Morgan fingerprint density at radius 2 is 2.44 bits per heavy atom. The number of likely N-dealkylation sites (tertiary alicyclic amines) is 1. The minimum absolute atomic E-state index is 0.682. The molecule has 0 spiro atoms. The lowest BCUT2D eigenvalue weighted by atomic mass is 10.1. The second-order valence-corrected chi connectivity index (χ2v) is 5.16. The van der Waals surface area contributed by atoms with Gasteiger partial charge in [-0.15, -0.1) is 10.2 Å². The Balaban J connectivity index is 1.82. The number of hydrogen-bond acceptors (Lipinski definition) is 6. The minimum Gasteiger partial charge on any atom is -0.384 e. The molecule has 1 aromatic rings. The summed E-state index contributed by atoms with van der Waals surface area (Å²) in [6.07, 6.45) is 1.23. The van der Waals surface area contributed by atoms with E-state index in [9.17, 15) is 0 Å². The summed E-state index contributed by atoms with van der Waals surface area (Å²) in [6, 6.07) is 0. The molecule has 16 heavy (non-hydrogen) atoms. The SMILES string of the molecule is CNc1nnc(CN2CCC(COC)C2)s1. The van der Waals surface area contributed by atoms with Gasteiger partial charge in [0, 0.05) is 20.7 Å². The fourth-order valence-electron chi connectivity index (χ4n) is 2.04. The summed E-state index contributed by atoms with van der Waals surface area (Å²) in [5, 5.41) is 13.2. The third-order valence-electron chi connectivity index (χ3n) is 2.81. The molecule has 6 heteroatoms. The molecule has 2 heterocycles. The summed E-state index contributed by atoms with van der Waals surface area (Å²) >= 11 is 1.63. The second-order valence-electron chi connectivity index (χ2n) is 4.10. The number of nitrogens with one attached hydrogen (secondary N) is 1. The van der Waals surface area contributed by atoms with Crippen molar-refractivity contribution in [1.29, 1.82) is 0 Å². The van der Waals surface area contributed by atoms with Crippen molar-refractivity contribution >= 4 is 16.5 Å². The second kappa shape index (κ2) is 5.56. The van der Waals surface area contributed by atoms with Crippen LogP contribution in [0.15, 0.2) is 0 Å². The Bertz CT molecular complexity index is 330. The molecular formula is C10H18N4OS. The number of anilines is 1. The molecule has 1 aliphatic rings. The van der Waals surface area contributed by atoms with Gasteiger partial charge < -0.3 is 10.1 Å². The van der Waals surface area contributed by atoms with Crippen LogP contribution in [0, 0.1) is 5.92 Å². The summed E-state index contributed by atoms with van der Waals surface area (Å²) in [5.74, 6) is 0.682. The maximum Gasteiger partial charge on any atom is 0.205 e. The summed E-state index contributed by atoms with van der Waals surface area (Å²) in [5.41, 5.74) is 0. The molecule has 0 bridgehead atoms. The van der Waals surface area contributed by atoms with Gasteiger partial charge in [0.15, 0.2) is 0 Å². The number of rotatable bonds is 5. The molecule has 0 radical (unpaired) electrons. The molecule has 1 N–H and O–H groups in total. The Morgan fingerprint density at radius 1 is 1.56 bits per heavy atom. The number of nitrogens with zero attached hydrogens (tertiary/aromatic N) is 3. The first-order valence-electron chi connectivity index (χ1n) is 5.53. The fourth-order valence-corrected chi connectivity index (χ4v) is 2.77. The van der Waals surface area contributed by atoms with Crippen LogP contribution in [0.3, 0.4) is 0 Å². The molecule has 1 aromatic heterocycles. The highest BCUT2D eigenvalue weighted by Crippen LogP contribution is 2.21. The number of aromatic nitrogens is 2. The van der Waals surface area contributed by atoms with Crippen LogP contribution in [0.2, 0.25) is 0 Å². The maximum atomic E-state index is 5.18. The third kappa shape index (κ3) is 2.90. The van der Waals surface area contributed by atoms with Gasteiger partial charge in [0.2, 0.25) is 5.13 Å². The van der Waals surface area contributed by atoms with Crippen molar-refractivity contribution in [2.24, 2.45) is 5.92 Å². The zero-order valence-corrected chi connectivity index (χ0v) is 10.6. The van der Waals surface area contributed by atoms with Gasteiger partial charge in [-0.1, -0.05) is 11.3 Å². The van der Waals surface area contributed by atoms with Crippen molar-refractivity contribution in [3.05, 3.63) is 5.01 Å². The van der Waals surface area contributed by atoms with Gasteiger partial charge in [0.1, 0.15) is 5.01 Å². The van der Waals surface area contributed by atoms with Gasteiger partial charge in [0.25, 0.3) is 0 Å². The van der Waals surface area contributed by atoms with Crippen LogP contribution in [0.1, 0.15) is 11.4 Å². The number of hydrogen-bond donors (Lipinski definition) is 1. The lowest BCUT2D eigenvalue weighted by Crippen LogP contribution is -2.21. The molecule has 0 amide bonds. The largest absolute Gasteiger partial charge is 0.384 e. The molecule has 0 saturated carbocycles. The molecule has 0 aliphatic carbocycles. The lowest BCUT2D eigenvalue weighted by Gasteiger charge is -2.13. The van der Waals surface area contributed by atoms with Gasteiger partial charge in [-0.25, -0.2) is 0 Å². The van der Waals surface area contributed by atoms with Crippen molar-refractivity contribution < 1.29 is 4.74 Å². The predicted octanol–water partition coefficient (Wildman–Crippen LogP) is 1.05. The van der Waals surface area contributed by atoms with Crippen molar-refractivity contribution in [3.8, 4) is 0 Å². The number of ether oxygens (including phenoxy) is 1. The Labute approximate surface area is 99.8 Å². The summed E-state index contributed by atoms with van der Waals surface area (Å²) < 4.78 is 5.18. The zero-order chi connectivity index (χ0) is 11.4. The molecule has 90 valence electrons. The molecule has 2 rings (SSSR count). The number of methoxy groups -OCH3 is 1. The minimum atomic E-state index is 0.682. The standard InChI is InChI=1S/C10H18N4OS/c1-11-10-13-12-9(16-10)6-14-4-3-8(5-14)7-15-2/h8H,3-7H2,1-2H3,(H,11,13). The van der Waals surface area contributed by atoms with Gasteiger partial charge in [-0.3, -0.25) is 4.90 Å². The molecule has 1 unspecified atom stereocenters. The van der Waals surface area contributed by atoms with E-state index in [-0.39, 0.29) is 0 Å². The highest BCUT2D eigenvalue weighted by molar-refractivity contribution is 7.15. The molecule has 5 nitrogen and oxygen atoms in total. The van der Waals surface area contributed by atoms with Crippen LogP contribution >= 0.6 is 11.3 Å². The average Bonchev–Trinajstić information content (AvgIpc) is 2.89. The summed E-state index contributed by atoms with van der Waals surface area (Å²) in [4.78, 5) is 2.42. The van der Waals surface area contributed by atoms with Crippen molar-refractivity contribution in [2.75, 3.05) is 39.2 Å². The van der Waals surface area contributed by atoms with Gasteiger partial charge in [0.05, 0.1) is 13.2 Å². The van der Waals surface area contributed by atoms with E-state index in [4.69, 9.17) is 4.74 Å².